The van der Waals surface area contributed by atoms with Gasteiger partial charge in [-0.25, -0.2) is 4.98 Å². The summed E-state index contributed by atoms with van der Waals surface area (Å²) in [6, 6.07) is 8.02. The highest BCUT2D eigenvalue weighted by Crippen LogP contribution is 2.21. The van der Waals surface area contributed by atoms with E-state index in [2.05, 4.69) is 15.6 Å². The number of aryl methyl sites for hydroxylation is 3. The van der Waals surface area contributed by atoms with Crippen molar-refractivity contribution in [2.75, 3.05) is 0 Å². The quantitative estimate of drug-likeness (QED) is 0.680. The molecule has 0 aliphatic carbocycles. The lowest BCUT2D eigenvalue weighted by Gasteiger charge is -2.04. The molecule has 0 saturated heterocycles. The number of nitrogens with zero attached hydrogens (tertiary/aromatic N) is 2. The van der Waals surface area contributed by atoms with Gasteiger partial charge in [-0.2, -0.15) is 0 Å². The first-order valence-electron chi connectivity index (χ1n) is 6.21. The van der Waals surface area contributed by atoms with E-state index in [-0.39, 0.29) is 0 Å². The van der Waals surface area contributed by atoms with Gasteiger partial charge in [0, 0.05) is 40.5 Å². The Hall–Kier alpha value is -1.94. The fraction of sp³-hybridized carbons (Fsp3) is 0.200. The molecule has 2 aromatic heterocycles. The maximum atomic E-state index is 11.1. The van der Waals surface area contributed by atoms with Crippen molar-refractivity contribution in [1.82, 2.24) is 9.55 Å². The van der Waals surface area contributed by atoms with Gasteiger partial charge < -0.3 is 4.57 Å². The van der Waals surface area contributed by atoms with Crippen molar-refractivity contribution in [3.8, 4) is 0 Å². The Labute approximate surface area is 115 Å². The Morgan fingerprint density at radius 1 is 1.37 bits per heavy atom. The molecule has 19 heavy (non-hydrogen) atoms. The molecule has 2 heterocycles. The molecule has 3 nitrogen and oxygen atoms in total. The van der Waals surface area contributed by atoms with E-state index in [1.54, 1.807) is 11.3 Å². The van der Waals surface area contributed by atoms with E-state index < -0.39 is 0 Å². The Bertz CT molecular complexity index is 727. The summed E-state index contributed by atoms with van der Waals surface area (Å²) < 4.78 is 2.15. The number of hydrogen-bond donors (Lipinski definition) is 0. The van der Waals surface area contributed by atoms with E-state index in [1.807, 2.05) is 36.8 Å². The molecule has 0 bridgehead atoms. The number of aldehydes is 1. The molecule has 0 aliphatic rings. The number of para-hydroxylation sites is 1. The molecule has 0 aliphatic heterocycles. The summed E-state index contributed by atoms with van der Waals surface area (Å²) in [5.74, 6) is 0. The lowest BCUT2D eigenvalue weighted by molar-refractivity contribution is 0.112. The fourth-order valence-corrected chi connectivity index (χ4v) is 3.11. The van der Waals surface area contributed by atoms with E-state index >= 15 is 0 Å². The van der Waals surface area contributed by atoms with Crippen LogP contribution in [-0.2, 0) is 13.0 Å². The van der Waals surface area contributed by atoms with Gasteiger partial charge in [0.2, 0.25) is 0 Å². The number of aromatic nitrogens is 2. The topological polar surface area (TPSA) is 34.9 Å². The van der Waals surface area contributed by atoms with Crippen LogP contribution in [0.4, 0.5) is 0 Å². The Balaban J connectivity index is 1.93. The van der Waals surface area contributed by atoms with Crippen LogP contribution in [0, 0.1) is 6.92 Å². The number of carbonyl (C=O) groups is 1. The van der Waals surface area contributed by atoms with Crippen LogP contribution in [0.5, 0.6) is 0 Å². The molecule has 0 radical (unpaired) electrons. The van der Waals surface area contributed by atoms with Crippen LogP contribution in [0.25, 0.3) is 10.9 Å². The average molecular weight is 270 g/mol. The predicted octanol–water partition coefficient (Wildman–Crippen LogP) is 3.46. The molecular weight excluding hydrogens is 256 g/mol. The normalized spacial score (nSPS) is 11.0. The van der Waals surface area contributed by atoms with E-state index in [9.17, 15) is 4.79 Å². The molecule has 0 atom stereocenters. The van der Waals surface area contributed by atoms with Crippen molar-refractivity contribution in [2.45, 2.75) is 19.9 Å². The standard InChI is InChI=1S/C15H14N2OS/c1-11-15(19-10-16-11)6-7-17-8-12(9-18)13-4-2-3-5-14(13)17/h2-5,8-10H,6-7H2,1H3. The van der Waals surface area contributed by atoms with Crippen molar-refractivity contribution in [3.05, 3.63) is 52.1 Å². The first kappa shape index (κ1) is 12.1. The molecule has 1 aromatic carbocycles. The number of benzene rings is 1. The summed E-state index contributed by atoms with van der Waals surface area (Å²) in [7, 11) is 0. The number of thiazole rings is 1. The third-order valence-electron chi connectivity index (χ3n) is 3.37. The molecule has 3 rings (SSSR count). The van der Waals surface area contributed by atoms with Gasteiger partial charge >= 0.3 is 0 Å². The maximum Gasteiger partial charge on any atom is 0.152 e. The second-order valence-corrected chi connectivity index (χ2v) is 5.46. The van der Waals surface area contributed by atoms with E-state index in [1.165, 1.54) is 4.88 Å². The van der Waals surface area contributed by atoms with Gasteiger partial charge in [-0.3, -0.25) is 4.79 Å². The van der Waals surface area contributed by atoms with E-state index in [4.69, 9.17) is 0 Å². The summed E-state index contributed by atoms with van der Waals surface area (Å²) in [5, 5.41) is 1.03. The molecule has 0 unspecified atom stereocenters. The number of hydrogen-bond acceptors (Lipinski definition) is 3. The lowest BCUT2D eigenvalue weighted by atomic mass is 10.2. The first-order chi connectivity index (χ1) is 9.29. The number of fused-ring (bicyclic) bond motifs is 1. The van der Waals surface area contributed by atoms with Crippen molar-refractivity contribution in [3.63, 3.8) is 0 Å². The second-order valence-electron chi connectivity index (χ2n) is 4.52. The van der Waals surface area contributed by atoms with Gasteiger partial charge in [-0.15, -0.1) is 11.3 Å². The third-order valence-corrected chi connectivity index (χ3v) is 4.37. The molecular formula is C15H14N2OS. The maximum absolute atomic E-state index is 11.1. The van der Waals surface area contributed by atoms with E-state index in [0.29, 0.717) is 0 Å². The Kier molecular flexibility index (Phi) is 3.17. The van der Waals surface area contributed by atoms with Crippen molar-refractivity contribution in [2.24, 2.45) is 0 Å². The second kappa shape index (κ2) is 4.97. The van der Waals surface area contributed by atoms with Gasteiger partial charge in [-0.1, -0.05) is 18.2 Å². The SMILES string of the molecule is Cc1ncsc1CCn1cc(C=O)c2ccccc21. The van der Waals surface area contributed by atoms with Crippen molar-refractivity contribution < 1.29 is 4.79 Å². The Morgan fingerprint density at radius 2 is 2.21 bits per heavy atom. The van der Waals surface area contributed by atoms with Crippen LogP contribution >= 0.6 is 11.3 Å². The first-order valence-corrected chi connectivity index (χ1v) is 7.09. The van der Waals surface area contributed by atoms with Crippen LogP contribution < -0.4 is 0 Å². The smallest absolute Gasteiger partial charge is 0.152 e. The zero-order chi connectivity index (χ0) is 13.2. The molecule has 0 amide bonds. The van der Waals surface area contributed by atoms with Gasteiger partial charge in [0.1, 0.15) is 0 Å². The summed E-state index contributed by atoms with van der Waals surface area (Å²) >= 11 is 1.69. The Morgan fingerprint density at radius 3 is 2.95 bits per heavy atom. The predicted molar refractivity (Wildman–Crippen MR) is 77.9 cm³/mol. The zero-order valence-corrected chi connectivity index (χ0v) is 11.5. The van der Waals surface area contributed by atoms with E-state index in [0.717, 1.165) is 41.4 Å². The number of carbonyl (C=O) groups excluding carboxylic acids is 1. The molecule has 0 N–H and O–H groups in total. The molecule has 3 aromatic rings. The minimum absolute atomic E-state index is 0.761. The highest BCUT2D eigenvalue weighted by Gasteiger charge is 2.08. The van der Waals surface area contributed by atoms with Gasteiger partial charge in [-0.05, 0) is 13.0 Å². The van der Waals surface area contributed by atoms with Crippen LogP contribution in [0.15, 0.2) is 36.0 Å². The van der Waals surface area contributed by atoms with Crippen LogP contribution in [-0.4, -0.2) is 15.8 Å². The zero-order valence-electron chi connectivity index (χ0n) is 10.7. The number of rotatable bonds is 4. The largest absolute Gasteiger partial charge is 0.346 e. The lowest BCUT2D eigenvalue weighted by Crippen LogP contribution is -1.99. The molecule has 0 saturated carbocycles. The summed E-state index contributed by atoms with van der Waals surface area (Å²) in [5.41, 5.74) is 4.87. The highest BCUT2D eigenvalue weighted by molar-refractivity contribution is 7.09. The minimum atomic E-state index is 0.761. The van der Waals surface area contributed by atoms with Gasteiger partial charge in [0.25, 0.3) is 0 Å². The summed E-state index contributed by atoms with van der Waals surface area (Å²) in [6.45, 7) is 2.91. The van der Waals surface area contributed by atoms with Crippen LogP contribution in [0.1, 0.15) is 20.9 Å². The fourth-order valence-electron chi connectivity index (χ4n) is 2.34. The average Bonchev–Trinajstić information content (AvgIpc) is 3.00. The monoisotopic (exact) mass is 270 g/mol. The van der Waals surface area contributed by atoms with Crippen molar-refractivity contribution in [1.29, 1.82) is 0 Å². The molecule has 96 valence electrons. The summed E-state index contributed by atoms with van der Waals surface area (Å²) in [4.78, 5) is 16.7. The van der Waals surface area contributed by atoms with Gasteiger partial charge in [0.05, 0.1) is 11.2 Å². The van der Waals surface area contributed by atoms with Gasteiger partial charge in [0.15, 0.2) is 6.29 Å². The molecule has 0 fully saturated rings. The highest BCUT2D eigenvalue weighted by atomic mass is 32.1. The molecule has 4 heteroatoms. The van der Waals surface area contributed by atoms with Crippen LogP contribution in [0.2, 0.25) is 0 Å². The van der Waals surface area contributed by atoms with Crippen LogP contribution in [0.3, 0.4) is 0 Å². The third kappa shape index (κ3) is 2.19. The minimum Gasteiger partial charge on any atom is -0.346 e. The summed E-state index contributed by atoms with van der Waals surface area (Å²) in [6.07, 6.45) is 3.82. The molecule has 0 spiro atoms. The van der Waals surface area contributed by atoms with Crippen molar-refractivity contribution >= 4 is 28.5 Å².